The average Bonchev–Trinajstić information content (AvgIpc) is 3.42. The number of nitrogens with one attached hydrogen (secondary N) is 1. The van der Waals surface area contributed by atoms with Gasteiger partial charge in [0.1, 0.15) is 0 Å². The third-order valence-corrected chi connectivity index (χ3v) is 5.36. The van der Waals surface area contributed by atoms with Crippen molar-refractivity contribution in [2.24, 2.45) is 0 Å². The number of aromatic nitrogens is 2. The van der Waals surface area contributed by atoms with Gasteiger partial charge in [0, 0.05) is 24.3 Å². The van der Waals surface area contributed by atoms with Crippen molar-refractivity contribution >= 4 is 17.5 Å². The molecule has 2 aromatic carbocycles. The van der Waals surface area contributed by atoms with E-state index in [9.17, 15) is 18.0 Å². The molecule has 0 saturated carbocycles. The average molecular weight is 450 g/mol. The Morgan fingerprint density at radius 3 is 2.58 bits per heavy atom. The number of carbonyl (C=O) groups excluding carboxylic acids is 1. The molecular weight excluding hydrogens is 431 g/mol. The van der Waals surface area contributed by atoms with Crippen LogP contribution in [-0.4, -0.2) is 34.9 Å². The zero-order chi connectivity index (χ0) is 22.0. The second-order valence-corrected chi connectivity index (χ2v) is 7.61. The topological polar surface area (TPSA) is 56.1 Å². The predicted molar refractivity (Wildman–Crippen MR) is 110 cm³/mol. The summed E-state index contributed by atoms with van der Waals surface area (Å²) in [7, 11) is 0. The number of nitrogens with zero attached hydrogens (tertiary/aromatic N) is 2. The van der Waals surface area contributed by atoms with Gasteiger partial charge in [0.05, 0.1) is 22.5 Å². The number of rotatable bonds is 5. The van der Waals surface area contributed by atoms with Gasteiger partial charge in [0.25, 0.3) is 5.91 Å². The van der Waals surface area contributed by atoms with Crippen LogP contribution >= 0.6 is 11.6 Å². The first kappa shape index (κ1) is 21.4. The van der Waals surface area contributed by atoms with E-state index in [1.807, 2.05) is 0 Å². The molecule has 1 unspecified atom stereocenters. The zero-order valence-electron chi connectivity index (χ0n) is 16.3. The van der Waals surface area contributed by atoms with Gasteiger partial charge in [-0.15, -0.1) is 0 Å². The number of amides is 1. The molecule has 1 fully saturated rings. The van der Waals surface area contributed by atoms with E-state index < -0.39 is 11.9 Å². The molecular formula is C22H19ClF3N3O2. The van der Waals surface area contributed by atoms with Crippen molar-refractivity contribution in [2.45, 2.75) is 25.1 Å². The SMILES string of the molecule is O=C(NCC1CCCO1)c1ccc(-c2cc(C(F)(F)F)nn2-c2ccccc2Cl)cc1. The van der Waals surface area contributed by atoms with Gasteiger partial charge in [-0.1, -0.05) is 35.9 Å². The highest BCUT2D eigenvalue weighted by atomic mass is 35.5. The highest BCUT2D eigenvalue weighted by Crippen LogP contribution is 2.34. The zero-order valence-corrected chi connectivity index (χ0v) is 17.1. The third kappa shape index (κ3) is 4.75. The fourth-order valence-electron chi connectivity index (χ4n) is 3.44. The molecule has 1 amide bonds. The van der Waals surface area contributed by atoms with Crippen LogP contribution in [-0.2, 0) is 10.9 Å². The van der Waals surface area contributed by atoms with Crippen LogP contribution in [0.2, 0.25) is 5.02 Å². The standard InChI is InChI=1S/C22H19ClF3N3O2/c23-17-5-1-2-6-18(17)29-19(12-20(28-29)22(24,25)26)14-7-9-15(10-8-14)21(30)27-13-16-4-3-11-31-16/h1-2,5-10,12,16H,3-4,11,13H2,(H,27,30). The first-order chi connectivity index (χ1) is 14.8. The molecule has 0 bridgehead atoms. The Balaban J connectivity index is 1.62. The number of benzene rings is 2. The Labute approximate surface area is 181 Å². The highest BCUT2D eigenvalue weighted by Gasteiger charge is 2.35. The largest absolute Gasteiger partial charge is 0.435 e. The van der Waals surface area contributed by atoms with E-state index in [1.165, 1.54) is 0 Å². The molecule has 5 nitrogen and oxygen atoms in total. The van der Waals surface area contributed by atoms with E-state index in [0.717, 1.165) is 23.6 Å². The van der Waals surface area contributed by atoms with Crippen LogP contribution in [0.5, 0.6) is 0 Å². The Morgan fingerprint density at radius 2 is 1.94 bits per heavy atom. The first-order valence-corrected chi connectivity index (χ1v) is 10.1. The van der Waals surface area contributed by atoms with Crippen molar-refractivity contribution in [3.8, 4) is 16.9 Å². The van der Waals surface area contributed by atoms with Crippen LogP contribution < -0.4 is 5.32 Å². The number of hydrogen-bond acceptors (Lipinski definition) is 3. The Bertz CT molecular complexity index is 1070. The van der Waals surface area contributed by atoms with Crippen molar-refractivity contribution in [3.05, 3.63) is 70.9 Å². The molecule has 0 aliphatic carbocycles. The van der Waals surface area contributed by atoms with Crippen molar-refractivity contribution < 1.29 is 22.7 Å². The van der Waals surface area contributed by atoms with Gasteiger partial charge in [-0.25, -0.2) is 4.68 Å². The summed E-state index contributed by atoms with van der Waals surface area (Å²) >= 11 is 6.19. The van der Waals surface area contributed by atoms with E-state index >= 15 is 0 Å². The second kappa shape index (κ2) is 8.72. The number of halogens is 4. The van der Waals surface area contributed by atoms with Crippen molar-refractivity contribution in [1.29, 1.82) is 0 Å². The number of para-hydroxylation sites is 1. The minimum atomic E-state index is -4.61. The van der Waals surface area contributed by atoms with E-state index in [-0.39, 0.29) is 22.7 Å². The third-order valence-electron chi connectivity index (χ3n) is 5.04. The van der Waals surface area contributed by atoms with Gasteiger partial charge in [-0.2, -0.15) is 18.3 Å². The number of hydrogen-bond donors (Lipinski definition) is 1. The molecule has 4 rings (SSSR count). The summed E-state index contributed by atoms with van der Waals surface area (Å²) in [5.74, 6) is -0.266. The minimum Gasteiger partial charge on any atom is -0.376 e. The summed E-state index contributed by atoms with van der Waals surface area (Å²) in [6.45, 7) is 1.13. The highest BCUT2D eigenvalue weighted by molar-refractivity contribution is 6.32. The maximum absolute atomic E-state index is 13.3. The van der Waals surface area contributed by atoms with Gasteiger partial charge in [-0.3, -0.25) is 4.79 Å². The second-order valence-electron chi connectivity index (χ2n) is 7.20. The van der Waals surface area contributed by atoms with Crippen LogP contribution in [0.3, 0.4) is 0 Å². The minimum absolute atomic E-state index is 0.0222. The smallest absolute Gasteiger partial charge is 0.376 e. The van der Waals surface area contributed by atoms with Gasteiger partial charge < -0.3 is 10.1 Å². The molecule has 0 spiro atoms. The summed E-state index contributed by atoms with van der Waals surface area (Å²) in [6, 6.07) is 13.8. The van der Waals surface area contributed by atoms with Crippen molar-refractivity contribution in [1.82, 2.24) is 15.1 Å². The molecule has 9 heteroatoms. The van der Waals surface area contributed by atoms with Crippen molar-refractivity contribution in [2.75, 3.05) is 13.2 Å². The quantitative estimate of drug-likeness (QED) is 0.588. The lowest BCUT2D eigenvalue weighted by Crippen LogP contribution is -2.31. The number of alkyl halides is 3. The Hall–Kier alpha value is -2.84. The fourth-order valence-corrected chi connectivity index (χ4v) is 3.65. The van der Waals surface area contributed by atoms with Crippen LogP contribution in [0.25, 0.3) is 16.9 Å². The maximum atomic E-state index is 13.3. The fraction of sp³-hybridized carbons (Fsp3) is 0.273. The van der Waals surface area contributed by atoms with Crippen LogP contribution in [0.4, 0.5) is 13.2 Å². The number of ether oxygens (including phenoxy) is 1. The summed E-state index contributed by atoms with van der Waals surface area (Å²) in [4.78, 5) is 12.4. The molecule has 1 aliphatic rings. The van der Waals surface area contributed by atoms with Gasteiger partial charge in [0.2, 0.25) is 0 Å². The lowest BCUT2D eigenvalue weighted by atomic mass is 10.1. The van der Waals surface area contributed by atoms with E-state index in [1.54, 1.807) is 48.5 Å². The molecule has 1 aromatic heterocycles. The first-order valence-electron chi connectivity index (χ1n) is 9.75. The molecule has 162 valence electrons. The molecule has 1 atom stereocenters. The van der Waals surface area contributed by atoms with Gasteiger partial charge in [0.15, 0.2) is 5.69 Å². The van der Waals surface area contributed by atoms with E-state index in [0.29, 0.717) is 30.0 Å². The summed E-state index contributed by atoms with van der Waals surface area (Å²) < 4.78 is 46.6. The van der Waals surface area contributed by atoms with Crippen LogP contribution in [0, 0.1) is 0 Å². The Morgan fingerprint density at radius 1 is 1.19 bits per heavy atom. The predicted octanol–water partition coefficient (Wildman–Crippen LogP) is 5.12. The van der Waals surface area contributed by atoms with Crippen molar-refractivity contribution in [3.63, 3.8) is 0 Å². The molecule has 0 radical (unpaired) electrons. The van der Waals surface area contributed by atoms with E-state index in [4.69, 9.17) is 16.3 Å². The molecule has 31 heavy (non-hydrogen) atoms. The lowest BCUT2D eigenvalue weighted by molar-refractivity contribution is -0.141. The summed E-state index contributed by atoms with van der Waals surface area (Å²) in [6.07, 6.45) is -2.70. The summed E-state index contributed by atoms with van der Waals surface area (Å²) in [5.41, 5.74) is 0.390. The molecule has 1 N–H and O–H groups in total. The van der Waals surface area contributed by atoms with E-state index in [2.05, 4.69) is 10.4 Å². The molecule has 3 aromatic rings. The summed E-state index contributed by atoms with van der Waals surface area (Å²) in [5, 5.41) is 6.82. The molecule has 1 saturated heterocycles. The monoisotopic (exact) mass is 449 g/mol. The normalized spacial score (nSPS) is 16.5. The number of carbonyl (C=O) groups is 1. The Kier molecular flexibility index (Phi) is 6.02. The maximum Gasteiger partial charge on any atom is 0.435 e. The molecule has 2 heterocycles. The van der Waals surface area contributed by atoms with Crippen LogP contribution in [0.15, 0.2) is 54.6 Å². The van der Waals surface area contributed by atoms with Crippen LogP contribution in [0.1, 0.15) is 28.9 Å². The lowest BCUT2D eigenvalue weighted by Gasteiger charge is -2.12. The van der Waals surface area contributed by atoms with Gasteiger partial charge >= 0.3 is 6.18 Å². The van der Waals surface area contributed by atoms with Gasteiger partial charge in [-0.05, 0) is 43.2 Å². The molecule has 1 aliphatic heterocycles.